The number of fused-ring (bicyclic) bond motifs is 1. The van der Waals surface area contributed by atoms with E-state index < -0.39 is 17.1 Å². The monoisotopic (exact) mass is 435 g/mol. The van der Waals surface area contributed by atoms with Gasteiger partial charge in [0.25, 0.3) is 0 Å². The molecule has 0 aliphatic rings. The molecule has 1 aromatic heterocycles. The predicted octanol–water partition coefficient (Wildman–Crippen LogP) is 3.29. The summed E-state index contributed by atoms with van der Waals surface area (Å²) in [4.78, 5) is 10.5. The van der Waals surface area contributed by atoms with Crippen LogP contribution in [-0.2, 0) is 0 Å². The Hall–Kier alpha value is -2.56. The van der Waals surface area contributed by atoms with Crippen molar-refractivity contribution < 1.29 is 19.8 Å². The average Bonchev–Trinajstić information content (AvgIpc) is 3.26. The molecule has 0 saturated heterocycles. The van der Waals surface area contributed by atoms with Crippen molar-refractivity contribution in [3.05, 3.63) is 34.4 Å². The van der Waals surface area contributed by atoms with Crippen LogP contribution in [0.3, 0.4) is 0 Å². The Labute approximate surface area is 181 Å². The number of non-ortho nitro benzene ring substituents is 1. The summed E-state index contributed by atoms with van der Waals surface area (Å²) in [6, 6.07) is 2.44. The van der Waals surface area contributed by atoms with Gasteiger partial charge in [0.2, 0.25) is 5.52 Å². The van der Waals surface area contributed by atoms with Crippen molar-refractivity contribution in [2.45, 2.75) is 69.9 Å². The molecule has 10 heteroatoms. The van der Waals surface area contributed by atoms with Crippen molar-refractivity contribution in [1.29, 1.82) is 0 Å². The molecule has 0 aliphatic carbocycles. The van der Waals surface area contributed by atoms with Gasteiger partial charge in [-0.15, -0.1) is 0 Å². The zero-order valence-corrected chi connectivity index (χ0v) is 17.8. The molecule has 5 N–H and O–H groups in total. The maximum atomic E-state index is 11.0. The van der Waals surface area contributed by atoms with Crippen LogP contribution in [0, 0.1) is 10.1 Å². The second-order valence-corrected chi connectivity index (χ2v) is 7.66. The van der Waals surface area contributed by atoms with Crippen molar-refractivity contribution in [2.24, 2.45) is 5.73 Å². The van der Waals surface area contributed by atoms with Gasteiger partial charge in [-0.25, -0.2) is 4.63 Å². The van der Waals surface area contributed by atoms with Crippen molar-refractivity contribution in [1.82, 2.24) is 10.3 Å². The van der Waals surface area contributed by atoms with Crippen LogP contribution in [0.15, 0.2) is 28.9 Å². The van der Waals surface area contributed by atoms with Gasteiger partial charge in [0.1, 0.15) is 0 Å². The van der Waals surface area contributed by atoms with Crippen molar-refractivity contribution in [2.75, 3.05) is 18.5 Å². The number of aliphatic hydroxyl groups is 2. The van der Waals surface area contributed by atoms with Gasteiger partial charge in [-0.1, -0.05) is 50.7 Å². The molecule has 172 valence electrons. The van der Waals surface area contributed by atoms with E-state index >= 15 is 0 Å². The molecule has 0 spiro atoms. The van der Waals surface area contributed by atoms with Crippen LogP contribution in [-0.4, -0.2) is 50.7 Å². The van der Waals surface area contributed by atoms with Crippen LogP contribution in [0.25, 0.3) is 11.0 Å². The highest BCUT2D eigenvalue weighted by molar-refractivity contribution is 5.93. The number of benzene rings is 1. The van der Waals surface area contributed by atoms with Gasteiger partial charge < -0.3 is 21.3 Å². The number of nitro groups is 1. The fourth-order valence-electron chi connectivity index (χ4n) is 3.30. The maximum absolute atomic E-state index is 11.0. The van der Waals surface area contributed by atoms with Gasteiger partial charge in [0.15, 0.2) is 5.52 Å². The first-order valence-electron chi connectivity index (χ1n) is 10.9. The summed E-state index contributed by atoms with van der Waals surface area (Å²) >= 11 is 0. The average molecular weight is 436 g/mol. The summed E-state index contributed by atoms with van der Waals surface area (Å²) in [5.41, 5.74) is 6.66. The molecule has 2 rings (SSSR count). The lowest BCUT2D eigenvalue weighted by atomic mass is 10.1. The maximum Gasteiger partial charge on any atom is 0.300 e. The van der Waals surface area contributed by atoms with E-state index in [0.717, 1.165) is 38.6 Å². The van der Waals surface area contributed by atoms with E-state index in [-0.39, 0.29) is 17.8 Å². The van der Waals surface area contributed by atoms with Gasteiger partial charge in [0.05, 0.1) is 29.4 Å². The lowest BCUT2D eigenvalue weighted by molar-refractivity contribution is -0.383. The highest BCUT2D eigenvalue weighted by Crippen LogP contribution is 2.28. The molecule has 1 heterocycles. The van der Waals surface area contributed by atoms with Crippen molar-refractivity contribution >= 4 is 22.4 Å². The molecule has 0 bridgehead atoms. The third-order valence-corrected chi connectivity index (χ3v) is 5.19. The number of hydrogen-bond acceptors (Lipinski definition) is 9. The van der Waals surface area contributed by atoms with Gasteiger partial charge in [-0.2, -0.15) is 0 Å². The van der Waals surface area contributed by atoms with E-state index in [9.17, 15) is 15.2 Å². The highest BCUT2D eigenvalue weighted by Gasteiger charge is 2.19. The first kappa shape index (κ1) is 24.7. The van der Waals surface area contributed by atoms with Gasteiger partial charge in [-0.3, -0.25) is 10.1 Å². The molecule has 0 unspecified atom stereocenters. The molecule has 1 aromatic carbocycles. The van der Waals surface area contributed by atoms with Gasteiger partial charge in [-0.05, 0) is 35.6 Å². The topological polar surface area (TPSA) is 161 Å². The molecule has 31 heavy (non-hydrogen) atoms. The van der Waals surface area contributed by atoms with Gasteiger partial charge >= 0.3 is 5.69 Å². The number of nitro benzene ring substituents is 1. The predicted molar refractivity (Wildman–Crippen MR) is 119 cm³/mol. The summed E-state index contributed by atoms with van der Waals surface area (Å²) in [6.45, 7) is 0.541. The third kappa shape index (κ3) is 8.23. The Morgan fingerprint density at radius 3 is 2.42 bits per heavy atom. The van der Waals surface area contributed by atoms with E-state index in [1.807, 2.05) is 6.08 Å². The fraction of sp³-hybridized carbons (Fsp3) is 0.619. The molecular formula is C21H33N5O5. The van der Waals surface area contributed by atoms with Crippen LogP contribution in [0.1, 0.15) is 57.8 Å². The third-order valence-electron chi connectivity index (χ3n) is 5.19. The van der Waals surface area contributed by atoms with Crippen molar-refractivity contribution in [3.63, 3.8) is 0 Å². The Bertz CT molecular complexity index is 826. The van der Waals surface area contributed by atoms with Crippen LogP contribution in [0.5, 0.6) is 0 Å². The van der Waals surface area contributed by atoms with E-state index in [1.54, 1.807) is 12.1 Å². The molecule has 0 amide bonds. The zero-order chi connectivity index (χ0) is 22.5. The second-order valence-electron chi connectivity index (χ2n) is 7.66. The fourth-order valence-corrected chi connectivity index (χ4v) is 3.30. The minimum Gasteiger partial charge on any atom is -0.395 e. The van der Waals surface area contributed by atoms with E-state index in [2.05, 4.69) is 20.3 Å². The molecule has 0 radical (unpaired) electrons. The number of aliphatic hydroxyl groups excluding tert-OH is 2. The number of hydrogen-bond donors (Lipinski definition) is 4. The Balaban J connectivity index is 1.49. The minimum absolute atomic E-state index is 0.110. The lowest BCUT2D eigenvalue weighted by Gasteiger charge is -2.11. The van der Waals surface area contributed by atoms with Crippen LogP contribution < -0.4 is 11.1 Å². The molecule has 2 atom stereocenters. The number of unbranched alkanes of at least 4 members (excludes halogenated alkanes) is 8. The Morgan fingerprint density at radius 2 is 1.74 bits per heavy atom. The van der Waals surface area contributed by atoms with E-state index in [1.165, 1.54) is 31.7 Å². The van der Waals surface area contributed by atoms with E-state index in [0.29, 0.717) is 11.2 Å². The number of rotatable bonds is 16. The first-order valence-corrected chi connectivity index (χ1v) is 10.9. The number of allylic oxidation sites excluding steroid dienone is 1. The molecule has 2 aromatic rings. The minimum atomic E-state index is -0.779. The molecule has 10 nitrogen and oxygen atoms in total. The Kier molecular flexibility index (Phi) is 10.9. The molecular weight excluding hydrogens is 402 g/mol. The standard InChI is InChI=1S/C21H33N5O5/c22-16(15-27)19(28)11-9-7-5-3-1-2-4-6-8-10-14-23-17-12-13-18(26(29)30)21-20(17)24-31-25-21/h9,11-13,16,19,23,27-28H,1-8,10,14-15,22H2/b11-9+/t16-,19+/m0/s1. The number of nitrogens with two attached hydrogens (primary N) is 1. The molecule has 0 aliphatic heterocycles. The summed E-state index contributed by atoms with van der Waals surface area (Å²) in [5.74, 6) is 0. The number of nitrogens with one attached hydrogen (secondary N) is 1. The zero-order valence-electron chi connectivity index (χ0n) is 17.8. The van der Waals surface area contributed by atoms with Crippen LogP contribution in [0.2, 0.25) is 0 Å². The summed E-state index contributed by atoms with van der Waals surface area (Å²) in [7, 11) is 0. The van der Waals surface area contributed by atoms with Crippen LogP contribution in [0.4, 0.5) is 11.4 Å². The smallest absolute Gasteiger partial charge is 0.300 e. The lowest BCUT2D eigenvalue weighted by Crippen LogP contribution is -2.36. The number of nitrogens with zero attached hydrogens (tertiary/aromatic N) is 3. The summed E-state index contributed by atoms with van der Waals surface area (Å²) < 4.78 is 4.66. The SMILES string of the molecule is N[C@@H](CO)[C@H](O)/C=C/CCCCCCCCCCNc1ccc([N+](=O)[O-])c2nonc12. The number of aromatic nitrogens is 2. The second kappa shape index (κ2) is 13.7. The largest absolute Gasteiger partial charge is 0.395 e. The molecule has 0 saturated carbocycles. The normalized spacial score (nSPS) is 13.6. The summed E-state index contributed by atoms with van der Waals surface area (Å²) in [5, 5.41) is 40.1. The van der Waals surface area contributed by atoms with Crippen LogP contribution >= 0.6 is 0 Å². The van der Waals surface area contributed by atoms with Crippen molar-refractivity contribution in [3.8, 4) is 0 Å². The quantitative estimate of drug-likeness (QED) is 0.134. The van der Waals surface area contributed by atoms with Gasteiger partial charge in [0, 0.05) is 12.6 Å². The highest BCUT2D eigenvalue weighted by atomic mass is 16.6. The summed E-state index contributed by atoms with van der Waals surface area (Å²) in [6.07, 6.45) is 12.9. The molecule has 0 fully saturated rings. The van der Waals surface area contributed by atoms with E-state index in [4.69, 9.17) is 10.8 Å². The Morgan fingerprint density at radius 1 is 1.10 bits per heavy atom. The first-order chi connectivity index (χ1) is 15.0. The number of anilines is 1.